The minimum atomic E-state index is -1.53. The Hall–Kier alpha value is -5.88. The number of hydrogen-bond acceptors (Lipinski definition) is 11. The topological polar surface area (TPSA) is 281 Å². The average Bonchev–Trinajstić information content (AvgIpc) is 3.18. The second-order valence-corrected chi connectivity index (χ2v) is 15.4. The zero-order valence-electron chi connectivity index (χ0n) is 33.6. The fourth-order valence-corrected chi connectivity index (χ4v) is 6.31. The normalized spacial score (nSPS) is 26.6. The maximum atomic E-state index is 14.0. The molecular weight excluding hydrogens is 756 g/mol. The van der Waals surface area contributed by atoms with E-state index in [4.69, 9.17) is 10.5 Å². The van der Waals surface area contributed by atoms with Gasteiger partial charge in [0.05, 0.1) is 12.0 Å². The van der Waals surface area contributed by atoms with Gasteiger partial charge in [-0.05, 0) is 78.7 Å². The molecule has 2 heterocycles. The third kappa shape index (κ3) is 14.3. The van der Waals surface area contributed by atoms with E-state index in [9.17, 15) is 47.9 Å². The molecule has 3 rings (SSSR count). The number of nitrogens with zero attached hydrogens (tertiary/aromatic N) is 1. The summed E-state index contributed by atoms with van der Waals surface area (Å²) in [5.74, 6) is -7.95. The van der Waals surface area contributed by atoms with E-state index in [0.717, 1.165) is 5.56 Å². The van der Waals surface area contributed by atoms with Crippen LogP contribution in [0.4, 0.5) is 0 Å². The molecule has 0 saturated carbocycles. The van der Waals surface area contributed by atoms with E-state index in [1.165, 1.54) is 39.5 Å². The largest absolute Gasteiger partial charge is 0.463 e. The molecule has 0 aromatic heterocycles. The zero-order chi connectivity index (χ0) is 43.2. The summed E-state index contributed by atoms with van der Waals surface area (Å²) < 4.78 is 5.30. The Labute approximate surface area is 337 Å². The van der Waals surface area contributed by atoms with Crippen LogP contribution in [-0.4, -0.2) is 120 Å². The van der Waals surface area contributed by atoms with Crippen LogP contribution in [0.1, 0.15) is 85.1 Å². The van der Waals surface area contributed by atoms with Crippen molar-refractivity contribution in [3.05, 3.63) is 35.9 Å². The van der Waals surface area contributed by atoms with Gasteiger partial charge < -0.3 is 47.3 Å². The Kier molecular flexibility index (Phi) is 17.3. The van der Waals surface area contributed by atoms with E-state index in [1.807, 2.05) is 30.3 Å². The standard InChI is InChI=1S/C39H56N8O11/c1-22-33(52)41-20-31(50)42-24(3)38(57)58-21-39(4,5)32(51)37(56)47-18-10-9-13-28(47)36(55)45-26(15-14-25-11-7-6-8-12-25)19-30(49)46-27(16-17-29(40)48)35(54)44-23(2)34(53)43-22/h6-8,11-12,22-24,26-28H,9-10,13-21H2,1-5H3,(H2,40,48)(H,41,52)(H,42,50)(H,43,53)(H,44,54)(H,45,55)(H,46,49)/t22-,23-,24+,26+,27-,28-/m0/s1. The van der Waals surface area contributed by atoms with Gasteiger partial charge in [-0.25, -0.2) is 4.79 Å². The Morgan fingerprint density at radius 1 is 0.776 bits per heavy atom. The van der Waals surface area contributed by atoms with Crippen molar-refractivity contribution in [1.82, 2.24) is 36.8 Å². The Bertz CT molecular complexity index is 1720. The van der Waals surface area contributed by atoms with Crippen molar-refractivity contribution in [2.45, 2.75) is 122 Å². The number of carbonyl (C=O) groups excluding carboxylic acids is 10. The monoisotopic (exact) mass is 812 g/mol. The fourth-order valence-electron chi connectivity index (χ4n) is 6.31. The molecule has 58 heavy (non-hydrogen) atoms. The summed E-state index contributed by atoms with van der Waals surface area (Å²) in [5, 5.41) is 15.0. The first-order chi connectivity index (χ1) is 27.3. The van der Waals surface area contributed by atoms with Crippen LogP contribution in [0.15, 0.2) is 30.3 Å². The third-order valence-corrected chi connectivity index (χ3v) is 9.84. The molecule has 8 amide bonds. The number of nitrogens with one attached hydrogen (secondary N) is 6. The first-order valence-corrected chi connectivity index (χ1v) is 19.4. The predicted molar refractivity (Wildman–Crippen MR) is 207 cm³/mol. The number of Topliss-reactive ketones (excluding diaryl/α,β-unsaturated/α-hetero) is 1. The summed E-state index contributed by atoms with van der Waals surface area (Å²) in [7, 11) is 0. The lowest BCUT2D eigenvalue weighted by Gasteiger charge is -2.36. The second kappa shape index (κ2) is 21.6. The third-order valence-electron chi connectivity index (χ3n) is 9.84. The van der Waals surface area contributed by atoms with Gasteiger partial charge in [0.25, 0.3) is 5.91 Å². The molecule has 2 fully saturated rings. The van der Waals surface area contributed by atoms with Gasteiger partial charge in [-0.2, -0.15) is 0 Å². The van der Waals surface area contributed by atoms with Gasteiger partial charge in [-0.3, -0.25) is 43.2 Å². The van der Waals surface area contributed by atoms with Crippen molar-refractivity contribution in [1.29, 1.82) is 0 Å². The summed E-state index contributed by atoms with van der Waals surface area (Å²) in [5.41, 5.74) is 4.72. The van der Waals surface area contributed by atoms with Crippen LogP contribution in [0, 0.1) is 5.41 Å². The summed E-state index contributed by atoms with van der Waals surface area (Å²) in [6.07, 6.45) is 1.19. The van der Waals surface area contributed by atoms with Gasteiger partial charge in [0.15, 0.2) is 0 Å². The van der Waals surface area contributed by atoms with Gasteiger partial charge in [-0.15, -0.1) is 0 Å². The van der Waals surface area contributed by atoms with Crippen molar-refractivity contribution < 1.29 is 52.7 Å². The van der Waals surface area contributed by atoms with E-state index in [0.29, 0.717) is 19.3 Å². The molecule has 0 unspecified atom stereocenters. The highest BCUT2D eigenvalue weighted by Crippen LogP contribution is 2.24. The van der Waals surface area contributed by atoms with E-state index in [2.05, 4.69) is 31.9 Å². The van der Waals surface area contributed by atoms with Crippen molar-refractivity contribution in [3.8, 4) is 0 Å². The molecule has 1 aromatic rings. The molecule has 0 bridgehead atoms. The van der Waals surface area contributed by atoms with Crippen molar-refractivity contribution >= 4 is 59.0 Å². The van der Waals surface area contributed by atoms with Gasteiger partial charge in [0, 0.05) is 25.4 Å². The van der Waals surface area contributed by atoms with Gasteiger partial charge >= 0.3 is 5.97 Å². The van der Waals surface area contributed by atoms with Crippen molar-refractivity contribution in [2.24, 2.45) is 11.1 Å². The lowest BCUT2D eigenvalue weighted by molar-refractivity contribution is -0.159. The molecule has 0 spiro atoms. The van der Waals surface area contributed by atoms with Gasteiger partial charge in [0.2, 0.25) is 47.1 Å². The first kappa shape index (κ1) is 46.5. The first-order valence-electron chi connectivity index (χ1n) is 19.4. The summed E-state index contributed by atoms with van der Waals surface area (Å²) in [6, 6.07) is 2.44. The van der Waals surface area contributed by atoms with Crippen molar-refractivity contribution in [3.63, 3.8) is 0 Å². The van der Waals surface area contributed by atoms with Crippen LogP contribution in [0.3, 0.4) is 0 Å². The number of cyclic esters (lactones) is 1. The zero-order valence-corrected chi connectivity index (χ0v) is 33.6. The number of nitrogens with two attached hydrogens (primary N) is 1. The molecule has 0 aliphatic carbocycles. The van der Waals surface area contributed by atoms with Gasteiger partial charge in [-0.1, -0.05) is 30.3 Å². The molecule has 6 atom stereocenters. The smallest absolute Gasteiger partial charge is 0.328 e. The Balaban J connectivity index is 1.94. The molecule has 2 saturated heterocycles. The molecular formula is C39H56N8O11. The van der Waals surface area contributed by atoms with Crippen LogP contribution in [0.25, 0.3) is 0 Å². The maximum Gasteiger partial charge on any atom is 0.328 e. The Morgan fingerprint density at radius 2 is 1.43 bits per heavy atom. The number of esters is 1. The molecule has 1 aromatic carbocycles. The maximum absolute atomic E-state index is 14.0. The van der Waals surface area contributed by atoms with Crippen LogP contribution in [0.2, 0.25) is 0 Å². The summed E-state index contributed by atoms with van der Waals surface area (Å²) >= 11 is 0. The summed E-state index contributed by atoms with van der Waals surface area (Å²) in [4.78, 5) is 132. The average molecular weight is 813 g/mol. The van der Waals surface area contributed by atoms with E-state index >= 15 is 0 Å². The lowest BCUT2D eigenvalue weighted by Crippen LogP contribution is -2.57. The van der Waals surface area contributed by atoms with E-state index < -0.39 is 114 Å². The molecule has 8 N–H and O–H groups in total. The number of rotatable bonds is 6. The quantitative estimate of drug-likeness (QED) is 0.127. The highest BCUT2D eigenvalue weighted by Gasteiger charge is 2.42. The Morgan fingerprint density at radius 3 is 2.10 bits per heavy atom. The lowest BCUT2D eigenvalue weighted by atomic mass is 9.87. The second-order valence-electron chi connectivity index (χ2n) is 15.4. The fraction of sp³-hybridized carbons (Fsp3) is 0.590. The molecule has 318 valence electrons. The number of carbonyl (C=O) groups is 10. The van der Waals surface area contributed by atoms with E-state index in [-0.39, 0.29) is 38.6 Å². The minimum Gasteiger partial charge on any atom is -0.463 e. The number of hydrogen-bond donors (Lipinski definition) is 7. The predicted octanol–water partition coefficient (Wildman–Crippen LogP) is -1.59. The highest BCUT2D eigenvalue weighted by molar-refractivity contribution is 6.38. The van der Waals surface area contributed by atoms with E-state index in [1.54, 1.807) is 0 Å². The molecule has 19 heteroatoms. The number of benzene rings is 1. The molecule has 2 aliphatic heterocycles. The van der Waals surface area contributed by atoms with Crippen LogP contribution >= 0.6 is 0 Å². The highest BCUT2D eigenvalue weighted by atomic mass is 16.5. The molecule has 19 nitrogen and oxygen atoms in total. The minimum absolute atomic E-state index is 0.0964. The van der Waals surface area contributed by atoms with Crippen LogP contribution in [0.5, 0.6) is 0 Å². The number of piperidine rings is 1. The molecule has 0 radical (unpaired) electrons. The number of aryl methyl sites for hydroxylation is 1. The number of fused-ring (bicyclic) bond motifs is 1. The van der Waals surface area contributed by atoms with Gasteiger partial charge in [0.1, 0.15) is 36.8 Å². The summed E-state index contributed by atoms with van der Waals surface area (Å²) in [6.45, 7) is 5.79. The van der Waals surface area contributed by atoms with Crippen molar-refractivity contribution in [2.75, 3.05) is 19.7 Å². The van der Waals surface area contributed by atoms with Crippen LogP contribution in [-0.2, 0) is 59.1 Å². The van der Waals surface area contributed by atoms with Crippen LogP contribution < -0.4 is 37.6 Å². The SMILES string of the molecule is C[C@@H]1NC(=O)[C@H](C)NC(=O)[C@H](CCC(N)=O)NC(=O)C[C@@H](CCc2ccccc2)NC(=O)[C@@H]2CCCCN2C(=O)C(=O)C(C)(C)COC(=O)[C@@H](C)NC(=O)CNC1=O. The number of primary amides is 1. The number of ether oxygens (including phenoxy) is 1. The number of amides is 8. The number of ketones is 1. The molecule has 2 aliphatic rings.